The van der Waals surface area contributed by atoms with Crippen LogP contribution in [0.15, 0.2) is 11.6 Å². The van der Waals surface area contributed by atoms with Crippen LogP contribution in [0.1, 0.15) is 13.3 Å². The van der Waals surface area contributed by atoms with Crippen molar-refractivity contribution in [1.29, 1.82) is 0 Å². The topological polar surface area (TPSA) is 72.5 Å². The fraction of sp³-hybridized carbons (Fsp3) is 0.444. The molecule has 2 heterocycles. The van der Waals surface area contributed by atoms with E-state index in [1.807, 2.05) is 0 Å². The molecule has 0 bridgehead atoms. The summed E-state index contributed by atoms with van der Waals surface area (Å²) in [7, 11) is 0. The van der Waals surface area contributed by atoms with E-state index < -0.39 is 0 Å². The number of aromatic nitrogens is 2. The summed E-state index contributed by atoms with van der Waals surface area (Å²) in [6, 6.07) is 0.336. The molecule has 1 saturated carbocycles. The third-order valence-electron chi connectivity index (χ3n) is 2.84. The van der Waals surface area contributed by atoms with Crippen LogP contribution in [-0.2, 0) is 0 Å². The monoisotopic (exact) mass is 238 g/mol. The van der Waals surface area contributed by atoms with Crippen LogP contribution in [0.2, 0.25) is 0 Å². The second-order valence-electron chi connectivity index (χ2n) is 4.06. The molecule has 1 fully saturated rings. The molecule has 0 radical (unpaired) electrons. The van der Waals surface area contributed by atoms with Crippen molar-refractivity contribution in [2.75, 3.05) is 5.32 Å². The number of nitrogens with one attached hydrogen (secondary N) is 1. The minimum absolute atomic E-state index is 0.0374. The molecule has 1 aliphatic rings. The van der Waals surface area contributed by atoms with Gasteiger partial charge in [-0.2, -0.15) is 9.38 Å². The van der Waals surface area contributed by atoms with E-state index in [4.69, 9.17) is 0 Å². The van der Waals surface area contributed by atoms with E-state index in [2.05, 4.69) is 17.2 Å². The van der Waals surface area contributed by atoms with Crippen molar-refractivity contribution in [3.8, 4) is 0 Å². The van der Waals surface area contributed by atoms with Gasteiger partial charge in [-0.25, -0.2) is 0 Å². The summed E-state index contributed by atoms with van der Waals surface area (Å²) in [6.07, 6.45) is 2.73. The predicted octanol–water partition coefficient (Wildman–Crippen LogP) is 2.12. The Labute approximate surface area is 95.1 Å². The summed E-state index contributed by atoms with van der Waals surface area (Å²) in [4.78, 5) is 15.5. The molecule has 0 saturated heterocycles. The lowest BCUT2D eigenvalue weighted by molar-refractivity contribution is -0.389. The average Bonchev–Trinajstić information content (AvgIpc) is 2.61. The van der Waals surface area contributed by atoms with E-state index in [1.54, 1.807) is 11.6 Å². The zero-order valence-electron chi connectivity index (χ0n) is 8.58. The molecule has 2 aromatic rings. The lowest BCUT2D eigenvalue weighted by Gasteiger charge is -2.00. The molecule has 6 nitrogen and oxygen atoms in total. The highest BCUT2D eigenvalue weighted by atomic mass is 32.1. The fourth-order valence-corrected chi connectivity index (χ4v) is 2.45. The van der Waals surface area contributed by atoms with Gasteiger partial charge in [-0.1, -0.05) is 18.3 Å². The first-order valence-electron chi connectivity index (χ1n) is 5.03. The van der Waals surface area contributed by atoms with Gasteiger partial charge in [0.2, 0.25) is 5.82 Å². The Morgan fingerprint density at radius 2 is 2.50 bits per heavy atom. The number of rotatable bonds is 3. The number of fused-ring (bicyclic) bond motifs is 1. The zero-order chi connectivity index (χ0) is 11.3. The standard InChI is InChI=1S/C9H10N4O2S/c1-5-4-6(5)10-7-8(13(14)15)12-2-3-16-9(12)11-7/h2-3,5-6,10H,4H2,1H3. The molecule has 2 atom stereocenters. The number of hydrogen-bond acceptors (Lipinski definition) is 5. The van der Waals surface area contributed by atoms with E-state index in [-0.39, 0.29) is 10.7 Å². The van der Waals surface area contributed by atoms with Crippen LogP contribution in [-0.4, -0.2) is 20.3 Å². The second kappa shape index (κ2) is 3.18. The number of imidazole rings is 1. The summed E-state index contributed by atoms with van der Waals surface area (Å²) in [5.41, 5.74) is 0. The maximum absolute atomic E-state index is 11.0. The molecule has 0 aliphatic heterocycles. The minimum Gasteiger partial charge on any atom is -0.360 e. The van der Waals surface area contributed by atoms with Crippen LogP contribution in [0.3, 0.4) is 0 Å². The first kappa shape index (κ1) is 9.59. The third-order valence-corrected chi connectivity index (χ3v) is 3.60. The minimum atomic E-state index is -0.387. The van der Waals surface area contributed by atoms with Gasteiger partial charge in [0, 0.05) is 11.4 Å². The lowest BCUT2D eigenvalue weighted by Crippen LogP contribution is -2.06. The third kappa shape index (κ3) is 1.35. The van der Waals surface area contributed by atoms with Crippen molar-refractivity contribution in [2.45, 2.75) is 19.4 Å². The number of thiazole rings is 1. The molecule has 0 amide bonds. The van der Waals surface area contributed by atoms with Crippen molar-refractivity contribution in [3.63, 3.8) is 0 Å². The molecule has 7 heteroatoms. The van der Waals surface area contributed by atoms with Gasteiger partial charge in [0.05, 0.1) is 0 Å². The van der Waals surface area contributed by atoms with Crippen molar-refractivity contribution in [3.05, 3.63) is 21.7 Å². The van der Waals surface area contributed by atoms with Crippen LogP contribution in [0, 0.1) is 16.0 Å². The molecule has 1 N–H and O–H groups in total. The van der Waals surface area contributed by atoms with Crippen LogP contribution in [0.4, 0.5) is 11.6 Å². The zero-order valence-corrected chi connectivity index (χ0v) is 9.40. The molecule has 3 rings (SSSR count). The van der Waals surface area contributed by atoms with E-state index >= 15 is 0 Å². The van der Waals surface area contributed by atoms with Crippen LogP contribution >= 0.6 is 11.3 Å². The number of anilines is 1. The Morgan fingerprint density at radius 3 is 3.12 bits per heavy atom. The maximum atomic E-state index is 11.0. The lowest BCUT2D eigenvalue weighted by atomic mass is 10.5. The summed E-state index contributed by atoms with van der Waals surface area (Å²) >= 11 is 1.40. The largest absolute Gasteiger partial charge is 0.372 e. The van der Waals surface area contributed by atoms with E-state index in [0.29, 0.717) is 22.7 Å². The molecule has 1 aliphatic carbocycles. The SMILES string of the molecule is CC1CC1Nc1nc2sccn2c1[N+](=O)[O-]. The Balaban J connectivity index is 2.04. The van der Waals surface area contributed by atoms with Gasteiger partial charge >= 0.3 is 5.82 Å². The van der Waals surface area contributed by atoms with E-state index in [1.165, 1.54) is 15.7 Å². The van der Waals surface area contributed by atoms with Gasteiger partial charge in [0.1, 0.15) is 6.20 Å². The number of hydrogen-bond donors (Lipinski definition) is 1. The highest BCUT2D eigenvalue weighted by Crippen LogP contribution is 2.36. The predicted molar refractivity (Wildman–Crippen MR) is 60.9 cm³/mol. The Hall–Kier alpha value is -1.63. The van der Waals surface area contributed by atoms with Crippen LogP contribution < -0.4 is 5.32 Å². The summed E-state index contributed by atoms with van der Waals surface area (Å²) < 4.78 is 1.51. The molecule has 0 spiro atoms. The van der Waals surface area contributed by atoms with Crippen LogP contribution in [0.5, 0.6) is 0 Å². The molecular formula is C9H10N4O2S. The van der Waals surface area contributed by atoms with Gasteiger partial charge in [-0.15, -0.1) is 0 Å². The highest BCUT2D eigenvalue weighted by molar-refractivity contribution is 7.15. The molecule has 0 aromatic carbocycles. The first-order chi connectivity index (χ1) is 7.66. The van der Waals surface area contributed by atoms with Gasteiger partial charge in [-0.3, -0.25) is 0 Å². The normalized spacial score (nSPS) is 23.6. The van der Waals surface area contributed by atoms with Crippen molar-refractivity contribution < 1.29 is 4.92 Å². The molecule has 2 aromatic heterocycles. The van der Waals surface area contributed by atoms with Gasteiger partial charge < -0.3 is 15.4 Å². The summed E-state index contributed by atoms with van der Waals surface area (Å²) in [5, 5.41) is 15.9. The Bertz CT molecular complexity index is 561. The Morgan fingerprint density at radius 1 is 1.75 bits per heavy atom. The molecular weight excluding hydrogens is 228 g/mol. The molecule has 2 unspecified atom stereocenters. The van der Waals surface area contributed by atoms with Crippen LogP contribution in [0.25, 0.3) is 4.96 Å². The fourth-order valence-electron chi connectivity index (χ4n) is 1.74. The number of nitrogens with zero attached hydrogens (tertiary/aromatic N) is 3. The van der Waals surface area contributed by atoms with Gasteiger partial charge in [-0.05, 0) is 17.3 Å². The van der Waals surface area contributed by atoms with Crippen molar-refractivity contribution >= 4 is 27.9 Å². The first-order valence-corrected chi connectivity index (χ1v) is 5.91. The Kier molecular flexibility index (Phi) is 1.90. The molecule has 84 valence electrons. The van der Waals surface area contributed by atoms with E-state index in [9.17, 15) is 10.1 Å². The number of nitro groups is 1. The van der Waals surface area contributed by atoms with Gasteiger partial charge in [0.25, 0.3) is 4.96 Å². The second-order valence-corrected chi connectivity index (χ2v) is 4.93. The quantitative estimate of drug-likeness (QED) is 0.656. The highest BCUT2D eigenvalue weighted by Gasteiger charge is 2.36. The summed E-state index contributed by atoms with van der Waals surface area (Å²) in [6.45, 7) is 2.11. The maximum Gasteiger partial charge on any atom is 0.372 e. The molecule has 16 heavy (non-hydrogen) atoms. The summed E-state index contributed by atoms with van der Waals surface area (Å²) in [5.74, 6) is 1.01. The van der Waals surface area contributed by atoms with Crippen molar-refractivity contribution in [2.24, 2.45) is 5.92 Å². The average molecular weight is 238 g/mol. The van der Waals surface area contributed by atoms with Crippen molar-refractivity contribution in [1.82, 2.24) is 9.38 Å². The smallest absolute Gasteiger partial charge is 0.360 e. The van der Waals surface area contributed by atoms with E-state index in [0.717, 1.165) is 6.42 Å². The van der Waals surface area contributed by atoms with Gasteiger partial charge in [0.15, 0.2) is 0 Å².